The molecule has 1 aliphatic carbocycles. The average molecular weight is 429 g/mol. The van der Waals surface area contributed by atoms with Gasteiger partial charge in [0.1, 0.15) is 5.49 Å². The Kier molecular flexibility index (Phi) is 7.04. The number of pyridine rings is 1. The molecule has 0 spiro atoms. The summed E-state index contributed by atoms with van der Waals surface area (Å²) in [5.74, 6) is -0.963. The summed E-state index contributed by atoms with van der Waals surface area (Å²) in [6.45, 7) is 1.95. The molecular formula is C21H24N4O4S. The van der Waals surface area contributed by atoms with Gasteiger partial charge in [0.05, 0.1) is 21.6 Å². The van der Waals surface area contributed by atoms with Crippen LogP contribution in [-0.4, -0.2) is 33.1 Å². The Morgan fingerprint density at radius 1 is 1.23 bits per heavy atom. The minimum Gasteiger partial charge on any atom is -0.366 e. The number of benzene rings is 1. The minimum atomic E-state index is -0.741. The minimum absolute atomic E-state index is 0.00231. The molecule has 0 unspecified atom stereocenters. The van der Waals surface area contributed by atoms with Crippen LogP contribution in [0.1, 0.15) is 52.8 Å². The molecule has 1 amide bonds. The van der Waals surface area contributed by atoms with Crippen LogP contribution in [0.15, 0.2) is 46.4 Å². The average Bonchev–Trinajstić information content (AvgIpc) is 2.72. The lowest BCUT2D eigenvalue weighted by atomic mass is 9.96. The number of rotatable bonds is 6. The van der Waals surface area contributed by atoms with Gasteiger partial charge in [-0.2, -0.15) is 0 Å². The Balaban J connectivity index is 1.83. The molecule has 2 aromatic rings. The van der Waals surface area contributed by atoms with Gasteiger partial charge in [-0.25, -0.2) is 0 Å². The van der Waals surface area contributed by atoms with Crippen LogP contribution in [0.3, 0.4) is 0 Å². The van der Waals surface area contributed by atoms with Crippen LogP contribution in [0.2, 0.25) is 0 Å². The van der Waals surface area contributed by atoms with E-state index in [1.165, 1.54) is 23.1 Å². The van der Waals surface area contributed by atoms with Gasteiger partial charge in [-0.3, -0.25) is 29.3 Å². The summed E-state index contributed by atoms with van der Waals surface area (Å²) in [5.41, 5.74) is 6.64. The fraction of sp³-hybridized carbons (Fsp3) is 0.381. The number of carbonyl (C=O) groups is 2. The lowest BCUT2D eigenvalue weighted by molar-refractivity contribution is -0.387. The molecule has 0 bridgehead atoms. The Morgan fingerprint density at radius 3 is 2.63 bits per heavy atom. The van der Waals surface area contributed by atoms with Gasteiger partial charge in [-0.1, -0.05) is 19.3 Å². The predicted octanol–water partition coefficient (Wildman–Crippen LogP) is 3.47. The summed E-state index contributed by atoms with van der Waals surface area (Å²) in [6.07, 6.45) is 7.27. The van der Waals surface area contributed by atoms with E-state index in [0.717, 1.165) is 49.1 Å². The fourth-order valence-electron chi connectivity index (χ4n) is 3.44. The van der Waals surface area contributed by atoms with Crippen molar-refractivity contribution in [3.63, 3.8) is 0 Å². The highest BCUT2D eigenvalue weighted by molar-refractivity contribution is 8.00. The molecule has 30 heavy (non-hydrogen) atoms. The molecule has 3 rings (SSSR count). The maximum atomic E-state index is 12.9. The normalized spacial score (nSPS) is 15.2. The third-order valence-corrected chi connectivity index (χ3v) is 6.09. The maximum Gasteiger partial charge on any atom is 0.283 e. The van der Waals surface area contributed by atoms with Gasteiger partial charge in [-0.05, 0) is 49.6 Å². The number of primary amides is 1. The zero-order chi connectivity index (χ0) is 21.7. The molecule has 1 saturated carbocycles. The molecule has 0 atom stereocenters. The number of hydrogen-bond acceptors (Lipinski definition) is 6. The highest BCUT2D eigenvalue weighted by Gasteiger charge is 2.19. The first kappa shape index (κ1) is 21.8. The number of carbonyl (C=O) groups excluding carboxylic acids is 2. The van der Waals surface area contributed by atoms with Gasteiger partial charge in [-0.15, -0.1) is 11.8 Å². The largest absolute Gasteiger partial charge is 0.366 e. The van der Waals surface area contributed by atoms with Crippen molar-refractivity contribution in [1.29, 1.82) is 0 Å². The first-order chi connectivity index (χ1) is 14.3. The Morgan fingerprint density at radius 2 is 1.97 bits per heavy atom. The van der Waals surface area contributed by atoms with Gasteiger partial charge in [0, 0.05) is 17.8 Å². The van der Waals surface area contributed by atoms with Gasteiger partial charge >= 0.3 is 0 Å². The van der Waals surface area contributed by atoms with Crippen LogP contribution in [0.4, 0.5) is 5.69 Å². The molecule has 1 aromatic heterocycles. The number of nitrogens with zero attached hydrogens (tertiary/aromatic N) is 3. The molecule has 0 saturated heterocycles. The number of nitro groups is 1. The Labute approximate surface area is 178 Å². The van der Waals surface area contributed by atoms with E-state index in [-0.39, 0.29) is 29.0 Å². The van der Waals surface area contributed by atoms with Crippen LogP contribution in [0.25, 0.3) is 0 Å². The number of aryl methyl sites for hydroxylation is 1. The number of aromatic nitrogens is 1. The van der Waals surface area contributed by atoms with Gasteiger partial charge in [0.2, 0.25) is 11.8 Å². The number of amides is 1. The first-order valence-corrected chi connectivity index (χ1v) is 10.8. The summed E-state index contributed by atoms with van der Waals surface area (Å²) < 4.78 is 1.51. The lowest BCUT2D eigenvalue weighted by Gasteiger charge is -2.18. The lowest BCUT2D eigenvalue weighted by Crippen LogP contribution is -2.30. The SMILES string of the molecule is Cc1ccn(C(=O)CSc2ccc(C(N)=O)cc2[N+](=O)[O-])c(=NC2CCCCC2)c1. The molecule has 1 heterocycles. The molecular weight excluding hydrogens is 404 g/mol. The Hall–Kier alpha value is -2.94. The quantitative estimate of drug-likeness (QED) is 0.429. The molecule has 1 aromatic carbocycles. The molecule has 1 aliphatic rings. The predicted molar refractivity (Wildman–Crippen MR) is 115 cm³/mol. The summed E-state index contributed by atoms with van der Waals surface area (Å²) in [5, 5.41) is 11.4. The van der Waals surface area contributed by atoms with E-state index in [0.29, 0.717) is 10.4 Å². The van der Waals surface area contributed by atoms with E-state index >= 15 is 0 Å². The van der Waals surface area contributed by atoms with Crippen molar-refractivity contribution in [1.82, 2.24) is 4.57 Å². The van der Waals surface area contributed by atoms with E-state index in [2.05, 4.69) is 0 Å². The summed E-state index contributed by atoms with van der Waals surface area (Å²) in [6, 6.07) is 7.95. The maximum absolute atomic E-state index is 12.9. The number of nitrogens with two attached hydrogens (primary N) is 1. The molecule has 9 heteroatoms. The van der Waals surface area contributed by atoms with Crippen LogP contribution in [0.5, 0.6) is 0 Å². The smallest absolute Gasteiger partial charge is 0.283 e. The van der Waals surface area contributed by atoms with Crippen molar-refractivity contribution in [3.8, 4) is 0 Å². The molecule has 1 fully saturated rings. The van der Waals surface area contributed by atoms with E-state index in [9.17, 15) is 19.7 Å². The topological polar surface area (TPSA) is 121 Å². The highest BCUT2D eigenvalue weighted by Crippen LogP contribution is 2.30. The molecule has 0 aliphatic heterocycles. The van der Waals surface area contributed by atoms with E-state index < -0.39 is 10.8 Å². The monoisotopic (exact) mass is 428 g/mol. The van der Waals surface area contributed by atoms with Gasteiger partial charge in [0.25, 0.3) is 5.69 Å². The molecule has 158 valence electrons. The third-order valence-electron chi connectivity index (χ3n) is 5.04. The molecule has 2 N–H and O–H groups in total. The van der Waals surface area contributed by atoms with Crippen molar-refractivity contribution >= 4 is 29.3 Å². The van der Waals surface area contributed by atoms with Gasteiger partial charge in [0.15, 0.2) is 0 Å². The van der Waals surface area contributed by atoms with Crippen LogP contribution in [-0.2, 0) is 0 Å². The molecule has 0 radical (unpaired) electrons. The van der Waals surface area contributed by atoms with Crippen LogP contribution < -0.4 is 11.2 Å². The fourth-order valence-corrected chi connectivity index (χ4v) is 4.31. The summed E-state index contributed by atoms with van der Waals surface area (Å²) >= 11 is 1.05. The highest BCUT2D eigenvalue weighted by atomic mass is 32.2. The first-order valence-electron chi connectivity index (χ1n) is 9.82. The van der Waals surface area contributed by atoms with E-state index in [1.807, 2.05) is 19.1 Å². The zero-order valence-electron chi connectivity index (χ0n) is 16.7. The van der Waals surface area contributed by atoms with Crippen molar-refractivity contribution in [2.75, 3.05) is 5.75 Å². The second kappa shape index (κ2) is 9.71. The Bertz CT molecular complexity index is 1040. The van der Waals surface area contributed by atoms with Crippen molar-refractivity contribution in [3.05, 3.63) is 63.3 Å². The number of thioether (sulfide) groups is 1. The van der Waals surface area contributed by atoms with Crippen molar-refractivity contribution in [2.45, 2.75) is 50.0 Å². The second-order valence-corrected chi connectivity index (χ2v) is 8.36. The summed E-state index contributed by atoms with van der Waals surface area (Å²) in [4.78, 5) is 40.1. The molecule has 8 nitrogen and oxygen atoms in total. The van der Waals surface area contributed by atoms with Crippen molar-refractivity contribution in [2.24, 2.45) is 10.7 Å². The number of nitro benzene ring substituents is 1. The van der Waals surface area contributed by atoms with Crippen molar-refractivity contribution < 1.29 is 14.5 Å². The van der Waals surface area contributed by atoms with Crippen LogP contribution >= 0.6 is 11.8 Å². The number of hydrogen-bond donors (Lipinski definition) is 1. The zero-order valence-corrected chi connectivity index (χ0v) is 17.6. The van der Waals surface area contributed by atoms with Crippen LogP contribution in [0, 0.1) is 17.0 Å². The standard InChI is InChI=1S/C21H24N4O4S/c1-14-9-10-24(19(11-14)23-16-5-3-2-4-6-16)20(26)13-30-18-8-7-15(21(22)27)12-17(18)25(28)29/h7-12,16H,2-6,13H2,1H3,(H2,22,27). The van der Waals surface area contributed by atoms with E-state index in [1.54, 1.807) is 6.20 Å². The summed E-state index contributed by atoms with van der Waals surface area (Å²) in [7, 11) is 0. The second-order valence-electron chi connectivity index (χ2n) is 7.34. The third kappa shape index (κ3) is 5.35. The van der Waals surface area contributed by atoms with E-state index in [4.69, 9.17) is 10.7 Å². The van der Waals surface area contributed by atoms with Gasteiger partial charge < -0.3 is 5.73 Å².